The van der Waals surface area contributed by atoms with Crippen LogP contribution in [0.3, 0.4) is 0 Å². The molecule has 0 saturated heterocycles. The number of anilines is 2. The first-order chi connectivity index (χ1) is 18.0. The van der Waals surface area contributed by atoms with Crippen LogP contribution >= 0.6 is 0 Å². The largest absolute Gasteiger partial charge is 0.338 e. The number of nitriles is 1. The Kier molecular flexibility index (Phi) is 6.29. The predicted molar refractivity (Wildman–Crippen MR) is 138 cm³/mol. The van der Waals surface area contributed by atoms with Crippen LogP contribution in [-0.2, 0) is 13.6 Å². The molecule has 0 fully saturated rings. The number of benzene rings is 3. The summed E-state index contributed by atoms with van der Waals surface area (Å²) >= 11 is 0. The lowest BCUT2D eigenvalue weighted by Gasteiger charge is -2.12. The average molecular weight is 492 g/mol. The van der Waals surface area contributed by atoms with Crippen LogP contribution in [0.25, 0.3) is 22.3 Å². The van der Waals surface area contributed by atoms with Gasteiger partial charge in [-0.3, -0.25) is 4.79 Å². The van der Waals surface area contributed by atoms with Crippen LogP contribution in [0.15, 0.2) is 72.8 Å². The van der Waals surface area contributed by atoms with Gasteiger partial charge in [0.15, 0.2) is 0 Å². The number of carbonyl (C=O) groups is 2. The molecule has 11 heteroatoms. The Labute approximate surface area is 211 Å². The van der Waals surface area contributed by atoms with Gasteiger partial charge < -0.3 is 20.5 Å². The highest BCUT2D eigenvalue weighted by atomic mass is 16.2. The molecule has 0 atom stereocenters. The first-order valence-electron chi connectivity index (χ1n) is 11.3. The van der Waals surface area contributed by atoms with Crippen molar-refractivity contribution in [2.75, 3.05) is 10.6 Å². The Morgan fingerprint density at radius 2 is 1.84 bits per heavy atom. The number of carbonyl (C=O) groups excluding carboxylic acids is 2. The zero-order valence-electron chi connectivity index (χ0n) is 19.7. The van der Waals surface area contributed by atoms with Crippen molar-refractivity contribution >= 4 is 34.2 Å². The number of hydrogen-bond acceptors (Lipinski definition) is 6. The lowest BCUT2D eigenvalue weighted by molar-refractivity contribution is 0.102. The Hall–Kier alpha value is -5.50. The van der Waals surface area contributed by atoms with Crippen LogP contribution in [0.5, 0.6) is 0 Å². The van der Waals surface area contributed by atoms with Crippen molar-refractivity contribution in [1.29, 1.82) is 5.26 Å². The SMILES string of the molecule is Cn1c(C(=O)Nc2ccc(C#N)cc2-c2nn[nH]n2)cc2cccc(NC(=O)NCc3ccccc3)c21. The number of amides is 3. The van der Waals surface area contributed by atoms with E-state index < -0.39 is 0 Å². The van der Waals surface area contributed by atoms with E-state index in [0.29, 0.717) is 40.3 Å². The first-order valence-corrected chi connectivity index (χ1v) is 11.3. The van der Waals surface area contributed by atoms with Crippen molar-refractivity contribution in [1.82, 2.24) is 30.5 Å². The van der Waals surface area contributed by atoms with Crippen LogP contribution in [0.1, 0.15) is 21.6 Å². The summed E-state index contributed by atoms with van der Waals surface area (Å²) in [6.07, 6.45) is 0. The first kappa shape index (κ1) is 23.3. The van der Waals surface area contributed by atoms with Crippen molar-refractivity contribution < 1.29 is 9.59 Å². The topological polar surface area (TPSA) is 153 Å². The number of hydrogen-bond donors (Lipinski definition) is 4. The summed E-state index contributed by atoms with van der Waals surface area (Å²) in [6, 6.07) is 23.3. The summed E-state index contributed by atoms with van der Waals surface area (Å²) in [7, 11) is 1.75. The van der Waals surface area contributed by atoms with Gasteiger partial charge in [-0.2, -0.15) is 10.5 Å². The zero-order chi connectivity index (χ0) is 25.8. The van der Waals surface area contributed by atoms with Gasteiger partial charge >= 0.3 is 6.03 Å². The molecule has 0 aliphatic carbocycles. The molecule has 0 spiro atoms. The fraction of sp³-hybridized carbons (Fsp3) is 0.0769. The third-order valence-electron chi connectivity index (χ3n) is 5.82. The van der Waals surface area contributed by atoms with Crippen molar-refractivity contribution in [3.05, 3.63) is 89.6 Å². The molecule has 3 amide bonds. The van der Waals surface area contributed by atoms with Crippen molar-refractivity contribution in [3.63, 3.8) is 0 Å². The Morgan fingerprint density at radius 1 is 1.00 bits per heavy atom. The number of fused-ring (bicyclic) bond motifs is 1. The number of H-pyrrole nitrogens is 1. The number of nitrogens with one attached hydrogen (secondary N) is 4. The van der Waals surface area contributed by atoms with Gasteiger partial charge in [-0.25, -0.2) is 4.79 Å². The van der Waals surface area contributed by atoms with E-state index in [2.05, 4.69) is 42.6 Å². The molecule has 0 unspecified atom stereocenters. The maximum atomic E-state index is 13.3. The van der Waals surface area contributed by atoms with E-state index in [4.69, 9.17) is 0 Å². The summed E-state index contributed by atoms with van der Waals surface area (Å²) in [6.45, 7) is 0.386. The number of tetrazole rings is 1. The van der Waals surface area contributed by atoms with Crippen molar-refractivity contribution in [2.24, 2.45) is 7.05 Å². The normalized spacial score (nSPS) is 10.6. The van der Waals surface area contributed by atoms with Gasteiger partial charge in [0.05, 0.1) is 28.5 Å². The zero-order valence-corrected chi connectivity index (χ0v) is 19.7. The number of urea groups is 1. The minimum atomic E-state index is -0.382. The molecule has 182 valence electrons. The minimum Gasteiger partial charge on any atom is -0.338 e. The number of nitrogens with zero attached hydrogens (tertiary/aromatic N) is 5. The highest BCUT2D eigenvalue weighted by Crippen LogP contribution is 2.29. The lowest BCUT2D eigenvalue weighted by atomic mass is 10.1. The number of para-hydroxylation sites is 1. The fourth-order valence-corrected chi connectivity index (χ4v) is 4.05. The Balaban J connectivity index is 1.39. The molecule has 2 heterocycles. The fourth-order valence-electron chi connectivity index (χ4n) is 4.05. The van der Waals surface area contributed by atoms with Gasteiger partial charge in [-0.1, -0.05) is 42.5 Å². The van der Waals surface area contributed by atoms with Gasteiger partial charge in [-0.05, 0) is 41.1 Å². The minimum absolute atomic E-state index is 0.248. The number of rotatable bonds is 6. The standard InChI is InChI=1S/C26H21N9O2/c1-35-22(25(36)29-20-11-10-17(14-27)12-19(20)24-31-33-34-32-24)13-18-8-5-9-21(23(18)35)30-26(37)28-15-16-6-3-2-4-7-16/h2-13H,15H2,1H3,(H,29,36)(H2,28,30,37)(H,31,32,33,34). The molecule has 4 N–H and O–H groups in total. The molecule has 0 bridgehead atoms. The molecule has 0 radical (unpaired) electrons. The third-order valence-corrected chi connectivity index (χ3v) is 5.82. The van der Waals surface area contributed by atoms with Crippen LogP contribution < -0.4 is 16.0 Å². The lowest BCUT2D eigenvalue weighted by Crippen LogP contribution is -2.28. The molecule has 0 aliphatic rings. The summed E-state index contributed by atoms with van der Waals surface area (Å²) in [5, 5.41) is 32.5. The second-order valence-corrected chi connectivity index (χ2v) is 8.19. The van der Waals surface area contributed by atoms with E-state index in [9.17, 15) is 14.9 Å². The molecule has 11 nitrogen and oxygen atoms in total. The smallest absolute Gasteiger partial charge is 0.319 e. The maximum Gasteiger partial charge on any atom is 0.319 e. The predicted octanol–water partition coefficient (Wildman–Crippen LogP) is 3.80. The third kappa shape index (κ3) is 4.85. The van der Waals surface area contributed by atoms with Gasteiger partial charge in [0.2, 0.25) is 5.82 Å². The molecular formula is C26H21N9O2. The van der Waals surface area contributed by atoms with Gasteiger partial charge in [-0.15, -0.1) is 10.2 Å². The van der Waals surface area contributed by atoms with E-state index in [1.165, 1.54) is 0 Å². The van der Waals surface area contributed by atoms with E-state index in [-0.39, 0.29) is 17.8 Å². The molecule has 0 saturated carbocycles. The summed E-state index contributed by atoms with van der Waals surface area (Å²) in [5.41, 5.74) is 3.89. The number of aromatic amines is 1. The second-order valence-electron chi connectivity index (χ2n) is 8.19. The monoisotopic (exact) mass is 491 g/mol. The molecular weight excluding hydrogens is 470 g/mol. The molecule has 3 aromatic carbocycles. The van der Waals surface area contributed by atoms with Crippen LogP contribution in [0.4, 0.5) is 16.2 Å². The van der Waals surface area contributed by atoms with E-state index in [0.717, 1.165) is 10.9 Å². The van der Waals surface area contributed by atoms with Crippen molar-refractivity contribution in [2.45, 2.75) is 6.54 Å². The van der Waals surface area contributed by atoms with E-state index in [1.54, 1.807) is 41.9 Å². The molecule has 2 aromatic heterocycles. The number of aryl methyl sites for hydroxylation is 1. The van der Waals surface area contributed by atoms with Crippen LogP contribution in [-0.4, -0.2) is 37.1 Å². The average Bonchev–Trinajstić information content (AvgIpc) is 3.57. The molecule has 5 aromatic rings. The second kappa shape index (κ2) is 10.0. The summed E-state index contributed by atoms with van der Waals surface area (Å²) in [5.74, 6) is -0.134. The summed E-state index contributed by atoms with van der Waals surface area (Å²) < 4.78 is 1.72. The van der Waals surface area contributed by atoms with Crippen LogP contribution in [0.2, 0.25) is 0 Å². The highest BCUT2D eigenvalue weighted by Gasteiger charge is 2.19. The summed E-state index contributed by atoms with van der Waals surface area (Å²) in [4.78, 5) is 25.9. The van der Waals surface area contributed by atoms with Gasteiger partial charge in [0.25, 0.3) is 5.91 Å². The Morgan fingerprint density at radius 3 is 2.59 bits per heavy atom. The van der Waals surface area contributed by atoms with Gasteiger partial charge in [0, 0.05) is 24.5 Å². The van der Waals surface area contributed by atoms with Gasteiger partial charge in [0.1, 0.15) is 5.69 Å². The van der Waals surface area contributed by atoms with Crippen LogP contribution in [0, 0.1) is 11.3 Å². The molecule has 37 heavy (non-hydrogen) atoms. The molecule has 5 rings (SSSR count). The Bertz CT molecular complexity index is 1630. The van der Waals surface area contributed by atoms with E-state index in [1.807, 2.05) is 42.5 Å². The quantitative estimate of drug-likeness (QED) is 0.283. The highest BCUT2D eigenvalue weighted by molar-refractivity contribution is 6.10. The van der Waals surface area contributed by atoms with Crippen molar-refractivity contribution in [3.8, 4) is 17.5 Å². The number of aromatic nitrogens is 5. The maximum absolute atomic E-state index is 13.3. The molecule has 0 aliphatic heterocycles. The van der Waals surface area contributed by atoms with E-state index >= 15 is 0 Å².